The van der Waals surface area contributed by atoms with Crippen LogP contribution in [0.3, 0.4) is 0 Å². The number of carbonyl (C=O) groups excluding carboxylic acids is 2. The molecule has 7 nitrogen and oxygen atoms in total. The van der Waals surface area contributed by atoms with Crippen LogP contribution in [0.1, 0.15) is 23.2 Å². The van der Waals surface area contributed by atoms with Crippen LogP contribution in [-0.4, -0.2) is 51.2 Å². The van der Waals surface area contributed by atoms with E-state index in [2.05, 4.69) is 10.6 Å². The fourth-order valence-corrected chi connectivity index (χ4v) is 3.04. The summed E-state index contributed by atoms with van der Waals surface area (Å²) in [6.45, 7) is 0.363. The highest BCUT2D eigenvalue weighted by molar-refractivity contribution is 7.89. The van der Waals surface area contributed by atoms with Crippen molar-refractivity contribution in [2.75, 3.05) is 20.6 Å². The van der Waals surface area contributed by atoms with Crippen molar-refractivity contribution in [1.29, 1.82) is 0 Å². The predicted molar refractivity (Wildman–Crippen MR) is 80.8 cm³/mol. The minimum absolute atomic E-state index is 0.00232. The molecule has 8 heteroatoms. The molecule has 1 aromatic rings. The number of amides is 2. The summed E-state index contributed by atoms with van der Waals surface area (Å²) in [7, 11) is -0.596. The molecule has 1 unspecified atom stereocenters. The van der Waals surface area contributed by atoms with E-state index in [0.29, 0.717) is 24.9 Å². The van der Waals surface area contributed by atoms with E-state index in [-0.39, 0.29) is 22.8 Å². The third-order valence-corrected chi connectivity index (χ3v) is 5.32. The molecule has 0 spiro atoms. The van der Waals surface area contributed by atoms with Gasteiger partial charge in [0.05, 0.1) is 4.90 Å². The van der Waals surface area contributed by atoms with Gasteiger partial charge in [-0.1, -0.05) is 0 Å². The Morgan fingerprint density at radius 2 is 1.95 bits per heavy atom. The zero-order valence-electron chi connectivity index (χ0n) is 12.5. The van der Waals surface area contributed by atoms with Gasteiger partial charge < -0.3 is 10.6 Å². The van der Waals surface area contributed by atoms with E-state index in [0.717, 1.165) is 4.31 Å². The number of nitrogens with zero attached hydrogens (tertiary/aromatic N) is 1. The lowest BCUT2D eigenvalue weighted by Crippen LogP contribution is -2.38. The third-order valence-electron chi connectivity index (χ3n) is 3.49. The van der Waals surface area contributed by atoms with Gasteiger partial charge in [0.15, 0.2) is 0 Å². The normalized spacial score (nSPS) is 18.3. The van der Waals surface area contributed by atoms with Gasteiger partial charge in [-0.05, 0) is 30.7 Å². The molecule has 120 valence electrons. The molecule has 0 aliphatic carbocycles. The standard InChI is InChI=1S/C14H19N3O4S/c1-17(2)22(20,21)12-6-3-10(4-7-12)14(19)15-9-11-5-8-13(18)16-11/h3-4,6-7,11H,5,8-9H2,1-2H3,(H,15,19)(H,16,18). The van der Waals surface area contributed by atoms with Gasteiger partial charge in [-0.15, -0.1) is 0 Å². The van der Waals surface area contributed by atoms with Gasteiger partial charge >= 0.3 is 0 Å². The van der Waals surface area contributed by atoms with E-state index in [1.807, 2.05) is 0 Å². The van der Waals surface area contributed by atoms with Gasteiger partial charge in [-0.2, -0.15) is 0 Å². The van der Waals surface area contributed by atoms with Crippen molar-refractivity contribution in [3.8, 4) is 0 Å². The van der Waals surface area contributed by atoms with E-state index < -0.39 is 10.0 Å². The lowest BCUT2D eigenvalue weighted by molar-refractivity contribution is -0.119. The molecule has 1 atom stereocenters. The largest absolute Gasteiger partial charge is 0.352 e. The Morgan fingerprint density at radius 3 is 2.45 bits per heavy atom. The van der Waals surface area contributed by atoms with Crippen LogP contribution in [-0.2, 0) is 14.8 Å². The molecule has 1 fully saturated rings. The number of nitrogens with one attached hydrogen (secondary N) is 2. The second-order valence-electron chi connectivity index (χ2n) is 5.32. The van der Waals surface area contributed by atoms with E-state index >= 15 is 0 Å². The summed E-state index contributed by atoms with van der Waals surface area (Å²) in [5.74, 6) is -0.299. The second kappa shape index (κ2) is 6.45. The molecule has 1 heterocycles. The summed E-state index contributed by atoms with van der Waals surface area (Å²) in [4.78, 5) is 23.2. The minimum atomic E-state index is -3.50. The summed E-state index contributed by atoms with van der Waals surface area (Å²) in [6.07, 6.45) is 1.19. The third kappa shape index (κ3) is 3.63. The first kappa shape index (κ1) is 16.4. The zero-order chi connectivity index (χ0) is 16.3. The Morgan fingerprint density at radius 1 is 1.32 bits per heavy atom. The SMILES string of the molecule is CN(C)S(=O)(=O)c1ccc(C(=O)NCC2CCC(=O)N2)cc1. The summed E-state index contributed by atoms with van der Waals surface area (Å²) in [5.41, 5.74) is 0.377. The van der Waals surface area contributed by atoms with E-state index in [1.165, 1.54) is 38.4 Å². The smallest absolute Gasteiger partial charge is 0.251 e. The Balaban J connectivity index is 1.98. The fourth-order valence-electron chi connectivity index (χ4n) is 2.14. The maximum absolute atomic E-state index is 12.0. The molecule has 2 amide bonds. The van der Waals surface area contributed by atoms with Crippen molar-refractivity contribution >= 4 is 21.8 Å². The molecular formula is C14H19N3O4S. The van der Waals surface area contributed by atoms with Crippen LogP contribution < -0.4 is 10.6 Å². The molecule has 1 aliphatic rings. The average molecular weight is 325 g/mol. The molecule has 2 N–H and O–H groups in total. The highest BCUT2D eigenvalue weighted by Gasteiger charge is 2.21. The van der Waals surface area contributed by atoms with Crippen molar-refractivity contribution < 1.29 is 18.0 Å². The highest BCUT2D eigenvalue weighted by atomic mass is 32.2. The van der Waals surface area contributed by atoms with Crippen molar-refractivity contribution in [2.24, 2.45) is 0 Å². The minimum Gasteiger partial charge on any atom is -0.352 e. The summed E-state index contributed by atoms with van der Waals surface area (Å²) in [6, 6.07) is 5.71. The Hall–Kier alpha value is -1.93. The average Bonchev–Trinajstić information content (AvgIpc) is 2.90. The number of benzene rings is 1. The number of sulfonamides is 1. The molecule has 0 radical (unpaired) electrons. The molecular weight excluding hydrogens is 306 g/mol. The molecule has 1 aromatic carbocycles. The Labute approximate surface area is 129 Å². The molecule has 0 bridgehead atoms. The van der Waals surface area contributed by atoms with Crippen LogP contribution in [0.25, 0.3) is 0 Å². The topological polar surface area (TPSA) is 95.6 Å². The van der Waals surface area contributed by atoms with E-state index in [4.69, 9.17) is 0 Å². The highest BCUT2D eigenvalue weighted by Crippen LogP contribution is 2.14. The first-order valence-electron chi connectivity index (χ1n) is 6.91. The number of rotatable bonds is 5. The Kier molecular flexibility index (Phi) is 4.82. The van der Waals surface area contributed by atoms with Gasteiger partial charge in [-0.3, -0.25) is 9.59 Å². The summed E-state index contributed by atoms with van der Waals surface area (Å²) >= 11 is 0. The molecule has 22 heavy (non-hydrogen) atoms. The van der Waals surface area contributed by atoms with Crippen LogP contribution in [0.4, 0.5) is 0 Å². The van der Waals surface area contributed by atoms with Gasteiger partial charge in [-0.25, -0.2) is 12.7 Å². The first-order chi connectivity index (χ1) is 10.3. The maximum atomic E-state index is 12.0. The van der Waals surface area contributed by atoms with Crippen molar-refractivity contribution in [2.45, 2.75) is 23.8 Å². The monoisotopic (exact) mass is 325 g/mol. The first-order valence-corrected chi connectivity index (χ1v) is 8.35. The van der Waals surface area contributed by atoms with Gasteiger partial charge in [0.25, 0.3) is 5.91 Å². The molecule has 1 aliphatic heterocycles. The molecule has 0 aromatic heterocycles. The summed E-state index contributed by atoms with van der Waals surface area (Å²) in [5, 5.41) is 5.49. The van der Waals surface area contributed by atoms with Crippen LogP contribution in [0, 0.1) is 0 Å². The number of carbonyl (C=O) groups is 2. The van der Waals surface area contributed by atoms with Crippen LogP contribution in [0.5, 0.6) is 0 Å². The van der Waals surface area contributed by atoms with E-state index in [1.54, 1.807) is 0 Å². The van der Waals surface area contributed by atoms with Crippen LogP contribution in [0.2, 0.25) is 0 Å². The number of hydrogen-bond donors (Lipinski definition) is 2. The van der Waals surface area contributed by atoms with Gasteiger partial charge in [0.2, 0.25) is 15.9 Å². The summed E-state index contributed by atoms with van der Waals surface area (Å²) < 4.78 is 25.0. The Bertz CT molecular complexity index is 668. The van der Waals surface area contributed by atoms with Crippen molar-refractivity contribution in [3.63, 3.8) is 0 Å². The van der Waals surface area contributed by atoms with Crippen molar-refractivity contribution in [1.82, 2.24) is 14.9 Å². The lowest BCUT2D eigenvalue weighted by atomic mass is 10.2. The van der Waals surface area contributed by atoms with Crippen molar-refractivity contribution in [3.05, 3.63) is 29.8 Å². The number of hydrogen-bond acceptors (Lipinski definition) is 4. The van der Waals surface area contributed by atoms with E-state index in [9.17, 15) is 18.0 Å². The zero-order valence-corrected chi connectivity index (χ0v) is 13.3. The predicted octanol–water partition coefficient (Wildman–Crippen LogP) is -0.0547. The lowest BCUT2D eigenvalue weighted by Gasteiger charge is -2.13. The van der Waals surface area contributed by atoms with Crippen LogP contribution in [0.15, 0.2) is 29.2 Å². The second-order valence-corrected chi connectivity index (χ2v) is 7.48. The molecule has 2 rings (SSSR count). The molecule has 1 saturated heterocycles. The fraction of sp³-hybridized carbons (Fsp3) is 0.429. The van der Waals surface area contributed by atoms with Gasteiger partial charge in [0.1, 0.15) is 0 Å². The quantitative estimate of drug-likeness (QED) is 0.793. The van der Waals surface area contributed by atoms with Crippen LogP contribution >= 0.6 is 0 Å². The molecule has 0 saturated carbocycles. The maximum Gasteiger partial charge on any atom is 0.251 e. The van der Waals surface area contributed by atoms with Gasteiger partial charge in [0, 0.05) is 38.7 Å².